The highest BCUT2D eigenvalue weighted by Gasteiger charge is 2.21. The Morgan fingerprint density at radius 1 is 1.25 bits per heavy atom. The predicted molar refractivity (Wildman–Crippen MR) is 109 cm³/mol. The predicted octanol–water partition coefficient (Wildman–Crippen LogP) is 3.10. The van der Waals surface area contributed by atoms with E-state index in [1.807, 2.05) is 50.3 Å². The average Bonchev–Trinajstić information content (AvgIpc) is 3.12. The highest BCUT2D eigenvalue weighted by molar-refractivity contribution is 6.00. The Balaban J connectivity index is 1.85. The average molecular weight is 375 g/mol. The van der Waals surface area contributed by atoms with Gasteiger partial charge in [-0.25, -0.2) is 9.97 Å². The van der Waals surface area contributed by atoms with Gasteiger partial charge in [-0.15, -0.1) is 0 Å². The van der Waals surface area contributed by atoms with Gasteiger partial charge in [0.15, 0.2) is 12.1 Å². The fraction of sp³-hybridized carbons (Fsp3) is 0.238. The van der Waals surface area contributed by atoms with E-state index in [0.717, 1.165) is 23.4 Å². The summed E-state index contributed by atoms with van der Waals surface area (Å²) in [6, 6.07) is 7.49. The Hall–Kier alpha value is -3.48. The number of H-pyrrole nitrogens is 1. The molecule has 0 fully saturated rings. The molecule has 0 aliphatic carbocycles. The van der Waals surface area contributed by atoms with Crippen molar-refractivity contribution in [1.29, 1.82) is 0 Å². The molecule has 0 spiro atoms. The van der Waals surface area contributed by atoms with Crippen LogP contribution in [-0.2, 0) is 6.42 Å². The Labute approximate surface area is 162 Å². The van der Waals surface area contributed by atoms with Crippen LogP contribution >= 0.6 is 0 Å². The largest absolute Gasteiger partial charge is 0.362 e. The summed E-state index contributed by atoms with van der Waals surface area (Å²) in [5.74, 6) is 0.371. The van der Waals surface area contributed by atoms with Gasteiger partial charge in [-0.1, -0.05) is 24.3 Å². The van der Waals surface area contributed by atoms with Crippen LogP contribution in [0.25, 0.3) is 22.3 Å². The number of carbonyl (C=O) groups excluding carboxylic acids is 2. The van der Waals surface area contributed by atoms with Crippen LogP contribution < -0.4 is 10.6 Å². The van der Waals surface area contributed by atoms with Crippen molar-refractivity contribution in [2.45, 2.75) is 26.3 Å². The van der Waals surface area contributed by atoms with Crippen molar-refractivity contribution in [2.75, 3.05) is 11.9 Å². The number of amides is 1. The molecule has 1 amide bonds. The number of aromatic nitrogens is 3. The van der Waals surface area contributed by atoms with Crippen molar-refractivity contribution in [2.24, 2.45) is 0 Å². The fourth-order valence-electron chi connectivity index (χ4n) is 3.49. The standard InChI is InChI=1S/C21H21N5O2/c1-3-5-12(2)23-20-18(11-27)25-16-7-4-6-13(19(16)26-20)17-10-14-15(24-17)8-9-22-21(14)28/h3-7,10-12,24H,8-9H2,1-2H3,(H,22,28)(H,23,26)/b5-3+. The van der Waals surface area contributed by atoms with Crippen molar-refractivity contribution in [1.82, 2.24) is 20.3 Å². The van der Waals surface area contributed by atoms with Crippen molar-refractivity contribution in [3.63, 3.8) is 0 Å². The number of aromatic amines is 1. The molecule has 0 bridgehead atoms. The van der Waals surface area contributed by atoms with Gasteiger partial charge in [-0.2, -0.15) is 0 Å². The molecule has 1 aliphatic heterocycles. The molecule has 3 aromatic rings. The number of nitrogens with one attached hydrogen (secondary N) is 3. The molecule has 1 atom stereocenters. The third kappa shape index (κ3) is 3.15. The Morgan fingerprint density at radius 2 is 2.11 bits per heavy atom. The smallest absolute Gasteiger partial charge is 0.253 e. The molecule has 3 N–H and O–H groups in total. The molecule has 7 nitrogen and oxygen atoms in total. The number of hydrogen-bond donors (Lipinski definition) is 3. The molecule has 1 aliphatic rings. The quantitative estimate of drug-likeness (QED) is 0.470. The molecule has 4 rings (SSSR count). The van der Waals surface area contributed by atoms with Crippen LogP contribution in [0.2, 0.25) is 0 Å². The third-order valence-corrected chi connectivity index (χ3v) is 4.77. The first kappa shape index (κ1) is 17.9. The van der Waals surface area contributed by atoms with Crippen LogP contribution in [0, 0.1) is 0 Å². The maximum atomic E-state index is 12.1. The number of carbonyl (C=O) groups is 2. The summed E-state index contributed by atoms with van der Waals surface area (Å²) in [6.07, 6.45) is 5.39. The first-order valence-electron chi connectivity index (χ1n) is 9.26. The van der Waals surface area contributed by atoms with Crippen LogP contribution in [0.15, 0.2) is 36.4 Å². The number of rotatable bonds is 5. The molecule has 0 saturated heterocycles. The highest BCUT2D eigenvalue weighted by Crippen LogP contribution is 2.30. The Bertz CT molecular complexity index is 1100. The molecular formula is C21H21N5O2. The molecular weight excluding hydrogens is 354 g/mol. The summed E-state index contributed by atoms with van der Waals surface area (Å²) >= 11 is 0. The zero-order chi connectivity index (χ0) is 19.7. The lowest BCUT2D eigenvalue weighted by Gasteiger charge is -2.13. The van der Waals surface area contributed by atoms with Gasteiger partial charge in [-0.3, -0.25) is 9.59 Å². The minimum Gasteiger partial charge on any atom is -0.362 e. The van der Waals surface area contributed by atoms with Gasteiger partial charge < -0.3 is 15.6 Å². The van der Waals surface area contributed by atoms with Crippen LogP contribution in [0.3, 0.4) is 0 Å². The van der Waals surface area contributed by atoms with Gasteiger partial charge in [0, 0.05) is 36.0 Å². The molecule has 1 unspecified atom stereocenters. The molecule has 2 aromatic heterocycles. The lowest BCUT2D eigenvalue weighted by atomic mass is 10.1. The number of hydrogen-bond acceptors (Lipinski definition) is 5. The molecule has 0 saturated carbocycles. The number of nitrogens with zero attached hydrogens (tertiary/aromatic N) is 2. The second kappa shape index (κ2) is 7.26. The fourth-order valence-corrected chi connectivity index (χ4v) is 3.49. The number of fused-ring (bicyclic) bond motifs is 2. The van der Waals surface area contributed by atoms with Gasteiger partial charge in [0.05, 0.1) is 11.1 Å². The van der Waals surface area contributed by atoms with E-state index in [0.29, 0.717) is 35.2 Å². The molecule has 7 heteroatoms. The van der Waals surface area contributed by atoms with Gasteiger partial charge in [0.2, 0.25) is 0 Å². The Kier molecular flexibility index (Phi) is 4.65. The second-order valence-corrected chi connectivity index (χ2v) is 6.79. The summed E-state index contributed by atoms with van der Waals surface area (Å²) in [5.41, 5.74) is 4.80. The number of aldehydes is 1. The van der Waals surface area contributed by atoms with E-state index in [2.05, 4.69) is 20.6 Å². The van der Waals surface area contributed by atoms with Gasteiger partial charge in [0.25, 0.3) is 5.91 Å². The highest BCUT2D eigenvalue weighted by atomic mass is 16.1. The summed E-state index contributed by atoms with van der Waals surface area (Å²) in [5, 5.41) is 6.08. The SMILES string of the molecule is C/C=C/C(C)Nc1nc2c(-c3cc4c([nH]3)CCNC4=O)cccc2nc1C=O. The van der Waals surface area contributed by atoms with Crippen LogP contribution in [-0.4, -0.2) is 39.7 Å². The minimum absolute atomic E-state index is 0.00381. The van der Waals surface area contributed by atoms with Crippen LogP contribution in [0.1, 0.15) is 40.4 Å². The maximum Gasteiger partial charge on any atom is 0.253 e. The minimum atomic E-state index is -0.0687. The van der Waals surface area contributed by atoms with Crippen molar-refractivity contribution in [3.05, 3.63) is 53.4 Å². The maximum absolute atomic E-state index is 12.1. The van der Waals surface area contributed by atoms with E-state index in [1.54, 1.807) is 0 Å². The summed E-state index contributed by atoms with van der Waals surface area (Å²) in [4.78, 5) is 36.2. The van der Waals surface area contributed by atoms with E-state index in [-0.39, 0.29) is 17.6 Å². The van der Waals surface area contributed by atoms with Crippen LogP contribution in [0.5, 0.6) is 0 Å². The second-order valence-electron chi connectivity index (χ2n) is 6.79. The molecule has 3 heterocycles. The zero-order valence-corrected chi connectivity index (χ0v) is 15.7. The topological polar surface area (TPSA) is 99.8 Å². The first-order valence-corrected chi connectivity index (χ1v) is 9.26. The van der Waals surface area contributed by atoms with E-state index in [4.69, 9.17) is 4.98 Å². The van der Waals surface area contributed by atoms with Crippen LogP contribution in [0.4, 0.5) is 5.82 Å². The molecule has 1 aromatic carbocycles. The lowest BCUT2D eigenvalue weighted by molar-refractivity contribution is 0.0945. The lowest BCUT2D eigenvalue weighted by Crippen LogP contribution is -2.31. The summed E-state index contributed by atoms with van der Waals surface area (Å²) in [6.45, 7) is 4.54. The Morgan fingerprint density at radius 3 is 2.86 bits per heavy atom. The van der Waals surface area contributed by atoms with Crippen molar-refractivity contribution in [3.8, 4) is 11.3 Å². The van der Waals surface area contributed by atoms with Crippen molar-refractivity contribution < 1.29 is 9.59 Å². The van der Waals surface area contributed by atoms with E-state index in [9.17, 15) is 9.59 Å². The van der Waals surface area contributed by atoms with Gasteiger partial charge >= 0.3 is 0 Å². The van der Waals surface area contributed by atoms with E-state index < -0.39 is 0 Å². The molecule has 142 valence electrons. The normalized spacial score (nSPS) is 14.7. The number of anilines is 1. The first-order chi connectivity index (χ1) is 13.6. The van der Waals surface area contributed by atoms with E-state index in [1.165, 1.54) is 0 Å². The third-order valence-electron chi connectivity index (χ3n) is 4.77. The number of benzene rings is 1. The number of allylic oxidation sites excluding steroid dienone is 1. The summed E-state index contributed by atoms with van der Waals surface area (Å²) in [7, 11) is 0. The zero-order valence-electron chi connectivity index (χ0n) is 15.7. The molecule has 0 radical (unpaired) electrons. The van der Waals surface area contributed by atoms with Gasteiger partial charge in [0.1, 0.15) is 11.2 Å². The number of para-hydroxylation sites is 1. The van der Waals surface area contributed by atoms with Crippen molar-refractivity contribution >= 4 is 29.0 Å². The van der Waals surface area contributed by atoms with E-state index >= 15 is 0 Å². The summed E-state index contributed by atoms with van der Waals surface area (Å²) < 4.78 is 0. The van der Waals surface area contributed by atoms with Gasteiger partial charge in [-0.05, 0) is 26.0 Å². The molecule has 28 heavy (non-hydrogen) atoms. The monoisotopic (exact) mass is 375 g/mol.